The van der Waals surface area contributed by atoms with Gasteiger partial charge >= 0.3 is 11.8 Å². The summed E-state index contributed by atoms with van der Waals surface area (Å²) < 4.78 is 41.6. The number of carbonyl (C=O) groups is 2. The van der Waals surface area contributed by atoms with Gasteiger partial charge in [0.15, 0.2) is 0 Å². The van der Waals surface area contributed by atoms with Gasteiger partial charge < -0.3 is 5.32 Å². The summed E-state index contributed by atoms with van der Waals surface area (Å²) in [7, 11) is 0. The van der Waals surface area contributed by atoms with Gasteiger partial charge in [-0.3, -0.25) is 14.5 Å². The molecular formula is C18H22F3N3O2. The number of alkyl halides is 3. The zero-order valence-corrected chi connectivity index (χ0v) is 15.3. The zero-order chi connectivity index (χ0) is 19.9. The third-order valence-corrected chi connectivity index (χ3v) is 4.26. The van der Waals surface area contributed by atoms with Crippen molar-refractivity contribution in [3.63, 3.8) is 0 Å². The highest BCUT2D eigenvalue weighted by Gasteiger charge is 2.67. The summed E-state index contributed by atoms with van der Waals surface area (Å²) in [6.07, 6.45) is -5.07. The van der Waals surface area contributed by atoms with Gasteiger partial charge in [0.25, 0.3) is 5.91 Å². The molecule has 2 unspecified atom stereocenters. The molecule has 5 nitrogen and oxygen atoms in total. The maximum atomic E-state index is 13.9. The second-order valence-corrected chi connectivity index (χ2v) is 7.33. The minimum atomic E-state index is -5.07. The molecule has 2 rings (SSSR count). The highest BCUT2D eigenvalue weighted by atomic mass is 19.4. The summed E-state index contributed by atoms with van der Waals surface area (Å²) in [6, 6.07) is 8.00. The Balaban J connectivity index is 2.47. The van der Waals surface area contributed by atoms with Crippen molar-refractivity contribution in [1.29, 1.82) is 0 Å². The van der Waals surface area contributed by atoms with Crippen molar-refractivity contribution < 1.29 is 22.8 Å². The molecule has 1 heterocycles. The summed E-state index contributed by atoms with van der Waals surface area (Å²) in [5.41, 5.74) is -3.75. The number of amides is 2. The Labute approximate surface area is 150 Å². The Bertz CT molecular complexity index is 738. The average Bonchev–Trinajstić information content (AvgIpc) is 2.78. The Morgan fingerprint density at radius 1 is 1.19 bits per heavy atom. The summed E-state index contributed by atoms with van der Waals surface area (Å²) in [5.74, 6) is -2.32. The van der Waals surface area contributed by atoms with Crippen molar-refractivity contribution in [3.8, 4) is 0 Å². The van der Waals surface area contributed by atoms with Gasteiger partial charge in [0.2, 0.25) is 5.91 Å². The molecule has 0 bridgehead atoms. The minimum Gasteiger partial charge on any atom is -0.316 e. The first-order valence-corrected chi connectivity index (χ1v) is 8.15. The van der Waals surface area contributed by atoms with Gasteiger partial charge in [0.1, 0.15) is 5.84 Å². The number of benzene rings is 1. The fraction of sp³-hybridized carbons (Fsp3) is 0.500. The van der Waals surface area contributed by atoms with Crippen LogP contribution in [0.2, 0.25) is 0 Å². The van der Waals surface area contributed by atoms with E-state index in [9.17, 15) is 22.8 Å². The molecule has 8 heteroatoms. The second kappa shape index (κ2) is 6.41. The highest BCUT2D eigenvalue weighted by Crippen LogP contribution is 2.40. The van der Waals surface area contributed by atoms with E-state index in [4.69, 9.17) is 0 Å². The first-order chi connectivity index (χ1) is 11.8. The van der Waals surface area contributed by atoms with Crippen LogP contribution in [0.4, 0.5) is 13.2 Å². The molecule has 0 spiro atoms. The number of hydrogen-bond donors (Lipinski definition) is 1. The van der Waals surface area contributed by atoms with Crippen LogP contribution in [0.5, 0.6) is 0 Å². The molecule has 1 aromatic carbocycles. The van der Waals surface area contributed by atoms with Crippen molar-refractivity contribution in [1.82, 2.24) is 10.2 Å². The Hall–Kier alpha value is -2.38. The van der Waals surface area contributed by atoms with Gasteiger partial charge in [-0.2, -0.15) is 13.2 Å². The normalized spacial score (nSPS) is 22.2. The predicted molar refractivity (Wildman–Crippen MR) is 91.2 cm³/mol. The quantitative estimate of drug-likeness (QED) is 0.887. The molecule has 2 amide bonds. The van der Waals surface area contributed by atoms with Crippen molar-refractivity contribution in [2.75, 3.05) is 0 Å². The van der Waals surface area contributed by atoms with E-state index in [1.165, 1.54) is 27.7 Å². The van der Waals surface area contributed by atoms with Gasteiger partial charge in [0, 0.05) is 5.41 Å². The van der Waals surface area contributed by atoms with E-state index in [0.717, 1.165) is 4.90 Å². The molecule has 0 saturated heterocycles. The second-order valence-electron chi connectivity index (χ2n) is 7.33. The number of nitrogens with one attached hydrogen (secondary N) is 1. The average molecular weight is 369 g/mol. The molecule has 142 valence electrons. The predicted octanol–water partition coefficient (Wildman–Crippen LogP) is 3.43. The van der Waals surface area contributed by atoms with Gasteiger partial charge in [0.05, 0.1) is 6.04 Å². The first kappa shape index (κ1) is 19.9. The molecular weight excluding hydrogens is 347 g/mol. The van der Waals surface area contributed by atoms with E-state index in [1.807, 2.05) is 5.32 Å². The lowest BCUT2D eigenvalue weighted by molar-refractivity contribution is -0.201. The minimum absolute atomic E-state index is 0.0992. The molecule has 0 saturated carbocycles. The number of halogens is 3. The van der Waals surface area contributed by atoms with Crippen LogP contribution in [0.1, 0.15) is 46.2 Å². The SMILES string of the molecule is CC1=NC(NC(=O)C(C)(C)C)(C(F)(F)F)C(=O)N1C(C)c1ccccc1. The van der Waals surface area contributed by atoms with Crippen molar-refractivity contribution >= 4 is 17.6 Å². The fourth-order valence-corrected chi connectivity index (χ4v) is 2.69. The zero-order valence-electron chi connectivity index (χ0n) is 15.3. The van der Waals surface area contributed by atoms with E-state index in [0.29, 0.717) is 5.56 Å². The van der Waals surface area contributed by atoms with E-state index in [2.05, 4.69) is 4.99 Å². The number of rotatable bonds is 3. The van der Waals surface area contributed by atoms with Crippen molar-refractivity contribution in [3.05, 3.63) is 35.9 Å². The molecule has 26 heavy (non-hydrogen) atoms. The van der Waals surface area contributed by atoms with E-state index in [-0.39, 0.29) is 5.84 Å². The Kier molecular flexibility index (Phi) is 4.91. The number of amidine groups is 1. The third-order valence-electron chi connectivity index (χ3n) is 4.26. The summed E-state index contributed by atoms with van der Waals surface area (Å²) >= 11 is 0. The molecule has 1 aromatic rings. The van der Waals surface area contributed by atoms with Crippen LogP contribution < -0.4 is 5.32 Å². The van der Waals surface area contributed by atoms with E-state index in [1.54, 1.807) is 37.3 Å². The van der Waals surface area contributed by atoms with Crippen LogP contribution in [0.3, 0.4) is 0 Å². The van der Waals surface area contributed by atoms with Crippen LogP contribution in [0.15, 0.2) is 35.3 Å². The summed E-state index contributed by atoms with van der Waals surface area (Å²) in [4.78, 5) is 29.6. The first-order valence-electron chi connectivity index (χ1n) is 8.15. The maximum Gasteiger partial charge on any atom is 0.442 e. The lowest BCUT2D eigenvalue weighted by Gasteiger charge is -2.33. The lowest BCUT2D eigenvalue weighted by atomic mass is 9.94. The molecule has 0 fully saturated rings. The smallest absolute Gasteiger partial charge is 0.316 e. The van der Waals surface area contributed by atoms with Gasteiger partial charge in [-0.1, -0.05) is 51.1 Å². The van der Waals surface area contributed by atoms with Gasteiger partial charge in [-0.05, 0) is 19.4 Å². The molecule has 0 aliphatic carbocycles. The lowest BCUT2D eigenvalue weighted by Crippen LogP contribution is -2.65. The summed E-state index contributed by atoms with van der Waals surface area (Å²) in [6.45, 7) is 7.34. The van der Waals surface area contributed by atoms with Crippen LogP contribution in [0, 0.1) is 5.41 Å². The topological polar surface area (TPSA) is 61.8 Å². The van der Waals surface area contributed by atoms with Crippen molar-refractivity contribution in [2.45, 2.75) is 52.5 Å². The van der Waals surface area contributed by atoms with Crippen molar-refractivity contribution in [2.24, 2.45) is 10.4 Å². The molecule has 1 N–H and O–H groups in total. The standard InChI is InChI=1S/C18H22F3N3O2/c1-11(13-9-7-6-8-10-13)24-12(2)22-17(15(24)26,18(19,20)21)23-14(25)16(3,4)5/h6-11H,1-5H3,(H,23,25). The van der Waals surface area contributed by atoms with E-state index >= 15 is 0 Å². The molecule has 1 aliphatic heterocycles. The number of aliphatic imine (C=N–C) groups is 1. The van der Waals surface area contributed by atoms with Gasteiger partial charge in [-0.15, -0.1) is 0 Å². The third kappa shape index (κ3) is 3.32. The van der Waals surface area contributed by atoms with Crippen LogP contribution in [-0.2, 0) is 9.59 Å². The van der Waals surface area contributed by atoms with E-state index < -0.39 is 35.1 Å². The molecule has 1 aliphatic rings. The molecule has 2 atom stereocenters. The van der Waals surface area contributed by atoms with Crippen LogP contribution in [-0.4, -0.2) is 34.4 Å². The Morgan fingerprint density at radius 3 is 2.19 bits per heavy atom. The summed E-state index contributed by atoms with van der Waals surface area (Å²) in [5, 5.41) is 1.85. The molecule has 0 radical (unpaired) electrons. The fourth-order valence-electron chi connectivity index (χ4n) is 2.69. The number of hydrogen-bond acceptors (Lipinski definition) is 3. The highest BCUT2D eigenvalue weighted by molar-refractivity contribution is 6.09. The Morgan fingerprint density at radius 2 is 1.73 bits per heavy atom. The number of nitrogens with zero attached hydrogens (tertiary/aromatic N) is 2. The molecule has 0 aromatic heterocycles. The monoisotopic (exact) mass is 369 g/mol. The maximum absolute atomic E-state index is 13.9. The number of carbonyl (C=O) groups excluding carboxylic acids is 2. The van der Waals surface area contributed by atoms with Gasteiger partial charge in [-0.25, -0.2) is 4.99 Å². The largest absolute Gasteiger partial charge is 0.442 e. The van der Waals surface area contributed by atoms with Crippen LogP contribution >= 0.6 is 0 Å². The van der Waals surface area contributed by atoms with Crippen LogP contribution in [0.25, 0.3) is 0 Å².